The number of ketones is 1. The van der Waals surface area contributed by atoms with E-state index in [0.29, 0.717) is 35.0 Å². The number of amides is 3. The van der Waals surface area contributed by atoms with Gasteiger partial charge in [0.25, 0.3) is 5.91 Å². The lowest BCUT2D eigenvalue weighted by Gasteiger charge is -2.18. The van der Waals surface area contributed by atoms with Crippen LogP contribution in [0.15, 0.2) is 36.4 Å². The first kappa shape index (κ1) is 30.4. The third-order valence-corrected chi connectivity index (χ3v) is 6.87. The molecule has 0 spiro atoms. The number of hydrogen-bond donors (Lipinski definition) is 2. The number of carbonyl (C=O) groups excluding carboxylic acids is 4. The van der Waals surface area contributed by atoms with Gasteiger partial charge in [0.15, 0.2) is 0 Å². The zero-order valence-corrected chi connectivity index (χ0v) is 22.2. The Morgan fingerprint density at radius 2 is 1.79 bits per heavy atom. The van der Waals surface area contributed by atoms with Crippen molar-refractivity contribution >= 4 is 46.7 Å². The lowest BCUT2D eigenvalue weighted by atomic mass is 10.0. The smallest absolute Gasteiger partial charge is 0.354 e. The maximum Gasteiger partial charge on any atom is 0.416 e. The van der Waals surface area contributed by atoms with Gasteiger partial charge in [0.05, 0.1) is 22.0 Å². The molecule has 2 atom stereocenters. The molecule has 2 aromatic rings. The zero-order chi connectivity index (χ0) is 28.9. The number of halogens is 6. The molecule has 3 amide bonds. The first-order valence-corrected chi connectivity index (χ1v) is 12.7. The molecule has 0 radical (unpaired) electrons. The summed E-state index contributed by atoms with van der Waals surface area (Å²) in [5, 5.41) is 6.00. The molecule has 2 N–H and O–H groups in total. The molecule has 3 rings (SSSR count). The predicted molar refractivity (Wildman–Crippen MR) is 136 cm³/mol. The topological polar surface area (TPSA) is 95.6 Å². The summed E-state index contributed by atoms with van der Waals surface area (Å²) in [5.74, 6) is -5.34. The fraction of sp³-hybridized carbons (Fsp3) is 0.385. The van der Waals surface area contributed by atoms with E-state index in [2.05, 4.69) is 10.6 Å². The van der Waals surface area contributed by atoms with Crippen molar-refractivity contribution < 1.29 is 36.7 Å². The first-order valence-electron chi connectivity index (χ1n) is 12.0. The van der Waals surface area contributed by atoms with E-state index in [4.69, 9.17) is 23.2 Å². The van der Waals surface area contributed by atoms with Crippen molar-refractivity contribution in [1.82, 2.24) is 15.5 Å². The Hall–Kier alpha value is -3.18. The van der Waals surface area contributed by atoms with Gasteiger partial charge in [0.2, 0.25) is 17.6 Å². The largest absolute Gasteiger partial charge is 0.416 e. The molecule has 210 valence electrons. The molecular weight excluding hydrogens is 565 g/mol. The van der Waals surface area contributed by atoms with Crippen LogP contribution in [-0.2, 0) is 38.2 Å². The molecule has 1 heterocycles. The summed E-state index contributed by atoms with van der Waals surface area (Å²) in [6, 6.07) is 6.76. The summed E-state index contributed by atoms with van der Waals surface area (Å²) in [5.41, 5.74) is -0.458. The molecule has 0 aliphatic carbocycles. The summed E-state index contributed by atoms with van der Waals surface area (Å²) in [6.07, 6.45) is -4.14. The van der Waals surface area contributed by atoms with Gasteiger partial charge < -0.3 is 15.5 Å². The van der Waals surface area contributed by atoms with E-state index in [1.807, 2.05) is 6.07 Å². The minimum atomic E-state index is -4.76. The number of hydrogen-bond acceptors (Lipinski definition) is 4. The third kappa shape index (κ3) is 8.40. The van der Waals surface area contributed by atoms with Crippen molar-refractivity contribution in [2.75, 3.05) is 19.6 Å². The molecule has 2 aromatic carbocycles. The highest BCUT2D eigenvalue weighted by Crippen LogP contribution is 2.30. The van der Waals surface area contributed by atoms with Gasteiger partial charge in [-0.15, -0.1) is 0 Å². The van der Waals surface area contributed by atoms with Crippen LogP contribution in [0.5, 0.6) is 0 Å². The van der Waals surface area contributed by atoms with Gasteiger partial charge in [-0.25, -0.2) is 4.39 Å². The number of rotatable bonds is 10. The Kier molecular flexibility index (Phi) is 9.95. The summed E-state index contributed by atoms with van der Waals surface area (Å²) in [6.45, 7) is 1.38. The van der Waals surface area contributed by atoms with Gasteiger partial charge in [-0.1, -0.05) is 29.3 Å². The molecule has 1 aliphatic rings. The van der Waals surface area contributed by atoms with Crippen LogP contribution in [0, 0.1) is 11.7 Å². The summed E-state index contributed by atoms with van der Waals surface area (Å²) >= 11 is 11.9. The molecule has 7 nitrogen and oxygen atoms in total. The SMILES string of the molecule is CC(CCc1ccc(Cl)c(Cl)c1)NC(=O)C1CN(CCNC(=O)Cc2cc(F)cc(C(F)(F)F)c2)C(=O)C1=O. The lowest BCUT2D eigenvalue weighted by Crippen LogP contribution is -2.41. The molecule has 1 fully saturated rings. The van der Waals surface area contributed by atoms with Gasteiger partial charge in [-0.3, -0.25) is 19.2 Å². The van der Waals surface area contributed by atoms with Crippen molar-refractivity contribution in [2.24, 2.45) is 5.92 Å². The average Bonchev–Trinajstić information content (AvgIpc) is 3.12. The molecular formula is C26H25Cl2F4N3O4. The van der Waals surface area contributed by atoms with Crippen LogP contribution in [0.1, 0.15) is 30.0 Å². The normalized spacial score (nSPS) is 16.4. The van der Waals surface area contributed by atoms with Gasteiger partial charge >= 0.3 is 6.18 Å². The Morgan fingerprint density at radius 3 is 2.46 bits per heavy atom. The van der Waals surface area contributed by atoms with Crippen molar-refractivity contribution in [3.05, 3.63) is 69.0 Å². The zero-order valence-electron chi connectivity index (χ0n) is 20.7. The quantitative estimate of drug-likeness (QED) is 0.249. The summed E-state index contributed by atoms with van der Waals surface area (Å²) in [4.78, 5) is 50.6. The highest BCUT2D eigenvalue weighted by molar-refractivity contribution is 6.42. The monoisotopic (exact) mass is 589 g/mol. The average molecular weight is 590 g/mol. The summed E-state index contributed by atoms with van der Waals surface area (Å²) < 4.78 is 52.1. The Bertz CT molecular complexity index is 1270. The van der Waals surface area contributed by atoms with Crippen molar-refractivity contribution in [2.45, 2.75) is 38.4 Å². The fourth-order valence-electron chi connectivity index (χ4n) is 4.07. The molecule has 13 heteroatoms. The minimum Gasteiger partial charge on any atom is -0.354 e. The second-order valence-electron chi connectivity index (χ2n) is 9.24. The second-order valence-corrected chi connectivity index (χ2v) is 10.1. The number of Topliss-reactive ketones (excluding diaryl/α,β-unsaturated/α-hetero) is 1. The van der Waals surface area contributed by atoms with E-state index >= 15 is 0 Å². The van der Waals surface area contributed by atoms with Crippen LogP contribution in [0.2, 0.25) is 10.0 Å². The van der Waals surface area contributed by atoms with Gasteiger partial charge in [-0.2, -0.15) is 13.2 Å². The third-order valence-electron chi connectivity index (χ3n) is 6.13. The van der Waals surface area contributed by atoms with Crippen LogP contribution in [0.4, 0.5) is 17.6 Å². The number of likely N-dealkylation sites (tertiary alicyclic amines) is 1. The van der Waals surface area contributed by atoms with E-state index in [-0.39, 0.29) is 31.2 Å². The van der Waals surface area contributed by atoms with Crippen LogP contribution in [-0.4, -0.2) is 54.1 Å². The Balaban J connectivity index is 1.45. The summed E-state index contributed by atoms with van der Waals surface area (Å²) in [7, 11) is 0. The first-order chi connectivity index (χ1) is 18.2. The Morgan fingerprint density at radius 1 is 1.08 bits per heavy atom. The van der Waals surface area contributed by atoms with Crippen LogP contribution in [0.25, 0.3) is 0 Å². The van der Waals surface area contributed by atoms with Crippen molar-refractivity contribution in [3.63, 3.8) is 0 Å². The van der Waals surface area contributed by atoms with Gasteiger partial charge in [-0.05, 0) is 61.2 Å². The molecule has 0 bridgehead atoms. The van der Waals surface area contributed by atoms with E-state index in [1.54, 1.807) is 19.1 Å². The van der Waals surface area contributed by atoms with Crippen molar-refractivity contribution in [1.29, 1.82) is 0 Å². The number of carbonyl (C=O) groups is 4. The van der Waals surface area contributed by atoms with E-state index < -0.39 is 53.4 Å². The number of aryl methyl sites for hydroxylation is 1. The van der Waals surface area contributed by atoms with E-state index in [0.717, 1.165) is 16.5 Å². The van der Waals surface area contributed by atoms with Gasteiger partial charge in [0, 0.05) is 25.7 Å². The standard InChI is InChI=1S/C26H25Cl2F4N3O4/c1-14(2-3-15-4-5-20(27)21(28)10-15)34-24(38)19-13-35(25(39)23(19)37)7-6-33-22(36)11-16-8-17(26(30,31)32)12-18(29)9-16/h4-5,8-10,12,14,19H,2-3,6-7,11,13H2,1H3,(H,33,36)(H,34,38). The molecule has 1 saturated heterocycles. The molecule has 2 unspecified atom stereocenters. The van der Waals surface area contributed by atoms with E-state index in [1.165, 1.54) is 0 Å². The molecule has 0 saturated carbocycles. The van der Waals surface area contributed by atoms with Gasteiger partial charge in [0.1, 0.15) is 11.7 Å². The van der Waals surface area contributed by atoms with E-state index in [9.17, 15) is 36.7 Å². The lowest BCUT2D eigenvalue weighted by molar-refractivity contribution is -0.142. The number of nitrogens with zero attached hydrogens (tertiary/aromatic N) is 1. The highest BCUT2D eigenvalue weighted by Gasteiger charge is 2.43. The van der Waals surface area contributed by atoms with Crippen molar-refractivity contribution in [3.8, 4) is 0 Å². The maximum absolute atomic E-state index is 13.5. The van der Waals surface area contributed by atoms with Crippen LogP contribution >= 0.6 is 23.2 Å². The minimum absolute atomic E-state index is 0.0933. The van der Waals surface area contributed by atoms with Crippen LogP contribution < -0.4 is 10.6 Å². The predicted octanol–water partition coefficient (Wildman–Crippen LogP) is 3.98. The number of nitrogens with one attached hydrogen (secondary N) is 2. The van der Waals surface area contributed by atoms with Crippen LogP contribution in [0.3, 0.4) is 0 Å². The Labute approximate surface area is 231 Å². The number of alkyl halides is 3. The maximum atomic E-state index is 13.5. The molecule has 0 aromatic heterocycles. The molecule has 39 heavy (non-hydrogen) atoms. The number of benzene rings is 2. The fourth-order valence-corrected chi connectivity index (χ4v) is 4.39. The molecule has 1 aliphatic heterocycles. The second kappa shape index (κ2) is 12.8. The highest BCUT2D eigenvalue weighted by atomic mass is 35.5.